The molecule has 0 bridgehead atoms. The van der Waals surface area contributed by atoms with Gasteiger partial charge in [-0.15, -0.1) is 0 Å². The minimum absolute atomic E-state index is 0.304. The Balaban J connectivity index is 1.74. The van der Waals surface area contributed by atoms with E-state index in [0.717, 1.165) is 6.04 Å². The molecule has 4 heteroatoms. The molecule has 1 aliphatic rings. The number of hydrogen-bond acceptors (Lipinski definition) is 1. The van der Waals surface area contributed by atoms with E-state index in [9.17, 15) is 0 Å². The Morgan fingerprint density at radius 3 is 1.40 bits per heavy atom. The molecule has 0 unspecified atom stereocenters. The molecule has 0 aliphatic carbocycles. The van der Waals surface area contributed by atoms with Crippen LogP contribution in [0.15, 0.2) is 121 Å². The normalized spacial score (nSPS) is 18.9. The fraction of sp³-hybridized carbons (Fsp3) is 0.0769. The monoisotopic (exact) mass is 438 g/mol. The highest BCUT2D eigenvalue weighted by Gasteiger charge is 2.51. The molecule has 4 aromatic rings. The van der Waals surface area contributed by atoms with Crippen LogP contribution in [0.1, 0.15) is 11.1 Å². The zero-order valence-electron chi connectivity index (χ0n) is 17.1. The Morgan fingerprint density at radius 2 is 0.967 bits per heavy atom. The molecule has 0 radical (unpaired) electrons. The van der Waals surface area contributed by atoms with Crippen LogP contribution in [0, 0.1) is 0 Å². The Bertz CT molecular complexity index is 918. The maximum absolute atomic E-state index is 6.97. The first-order valence-corrected chi connectivity index (χ1v) is 19.8. The van der Waals surface area contributed by atoms with E-state index < -0.39 is 16.9 Å². The Labute approximate surface area is 184 Å². The van der Waals surface area contributed by atoms with E-state index in [0.29, 0.717) is 0 Å². The zero-order chi connectivity index (χ0) is 20.3. The van der Waals surface area contributed by atoms with Crippen molar-refractivity contribution in [3.8, 4) is 0 Å². The largest absolute Gasteiger partial charge is 0.415 e. The fourth-order valence-corrected chi connectivity index (χ4v) is 29.0. The summed E-state index contributed by atoms with van der Waals surface area (Å²) in [5.41, 5.74) is 2.28. The highest BCUT2D eigenvalue weighted by Crippen LogP contribution is 2.42. The topological polar surface area (TPSA) is 9.23 Å². The van der Waals surface area contributed by atoms with Gasteiger partial charge in [0.15, 0.2) is 0 Å². The van der Waals surface area contributed by atoms with Gasteiger partial charge in [0.25, 0.3) is 0 Å². The van der Waals surface area contributed by atoms with E-state index in [4.69, 9.17) is 4.43 Å². The molecule has 30 heavy (non-hydrogen) atoms. The third-order valence-corrected chi connectivity index (χ3v) is 28.8. The van der Waals surface area contributed by atoms with Crippen molar-refractivity contribution in [3.63, 3.8) is 0 Å². The Hall–Kier alpha value is -2.51. The summed E-state index contributed by atoms with van der Waals surface area (Å²) in [7, 11) is -2.74. The lowest BCUT2D eigenvalue weighted by Gasteiger charge is -2.48. The maximum Gasteiger partial charge on any atom is 0.143 e. The van der Waals surface area contributed by atoms with Crippen molar-refractivity contribution >= 4 is 35.8 Å². The third kappa shape index (κ3) is 3.36. The summed E-state index contributed by atoms with van der Waals surface area (Å²) in [5.74, 6) is 0. The van der Waals surface area contributed by atoms with Gasteiger partial charge >= 0.3 is 0 Å². The maximum atomic E-state index is 6.97. The summed E-state index contributed by atoms with van der Waals surface area (Å²) >= 11 is 0. The van der Waals surface area contributed by atoms with Crippen LogP contribution in [0.5, 0.6) is 0 Å². The molecule has 0 spiro atoms. The van der Waals surface area contributed by atoms with Crippen molar-refractivity contribution in [3.05, 3.63) is 132 Å². The van der Waals surface area contributed by atoms with Gasteiger partial charge in [0.1, 0.15) is 22.5 Å². The molecule has 0 atom stereocenters. The van der Waals surface area contributed by atoms with E-state index in [1.807, 2.05) is 0 Å². The van der Waals surface area contributed by atoms with Crippen molar-refractivity contribution < 1.29 is 4.43 Å². The summed E-state index contributed by atoms with van der Waals surface area (Å²) < 4.78 is 6.97. The number of rotatable bonds is 4. The van der Waals surface area contributed by atoms with Crippen LogP contribution in [0.4, 0.5) is 0 Å². The summed E-state index contributed by atoms with van der Waals surface area (Å²) in [6.45, 7) is 0. The van der Waals surface area contributed by atoms with Gasteiger partial charge in [-0.25, -0.2) is 0 Å². The molecule has 1 nitrogen and oxygen atoms in total. The quantitative estimate of drug-likeness (QED) is 0.445. The van der Waals surface area contributed by atoms with Gasteiger partial charge in [-0.05, 0) is 17.2 Å². The minimum atomic E-state index is -1.86. The molecule has 1 saturated heterocycles. The number of hydrogen-bond donors (Lipinski definition) is 0. The van der Waals surface area contributed by atoms with Crippen LogP contribution >= 0.6 is 0 Å². The molecule has 1 heterocycles. The summed E-state index contributed by atoms with van der Waals surface area (Å²) in [6.07, 6.45) is 0. The van der Waals surface area contributed by atoms with E-state index in [1.165, 1.54) is 11.1 Å². The smallest absolute Gasteiger partial charge is 0.143 e. The molecular weight excluding hydrogens is 413 g/mol. The Morgan fingerprint density at radius 1 is 0.567 bits per heavy atom. The molecule has 0 N–H and O–H groups in total. The van der Waals surface area contributed by atoms with Gasteiger partial charge in [0.2, 0.25) is 0 Å². The Kier molecular flexibility index (Phi) is 5.39. The van der Waals surface area contributed by atoms with Gasteiger partial charge < -0.3 is 4.43 Å². The zero-order valence-corrected chi connectivity index (χ0v) is 20.9. The van der Waals surface area contributed by atoms with Crippen molar-refractivity contribution in [1.29, 1.82) is 0 Å². The van der Waals surface area contributed by atoms with Gasteiger partial charge in [0.05, 0.1) is 0 Å². The van der Waals surface area contributed by atoms with Crippen LogP contribution in [0.3, 0.4) is 0 Å². The van der Waals surface area contributed by atoms with Crippen molar-refractivity contribution in [2.45, 2.75) is 11.6 Å². The van der Waals surface area contributed by atoms with Crippen LogP contribution in [0.25, 0.3) is 0 Å². The molecule has 148 valence electrons. The second-order valence-corrected chi connectivity index (χ2v) is 23.9. The molecule has 0 aromatic heterocycles. The first-order chi connectivity index (χ1) is 14.8. The van der Waals surface area contributed by atoms with Crippen LogP contribution in [0.2, 0.25) is 6.04 Å². The van der Waals surface area contributed by atoms with Crippen LogP contribution in [-0.2, 0) is 10.0 Å². The van der Waals surface area contributed by atoms with E-state index in [-0.39, 0.29) is 14.2 Å². The minimum Gasteiger partial charge on any atom is -0.415 e. The molecule has 4 aromatic carbocycles. The average Bonchev–Trinajstić information content (AvgIpc) is 2.86. The second kappa shape index (κ2) is 8.32. The lowest BCUT2D eigenvalue weighted by atomic mass is 9.88. The van der Waals surface area contributed by atoms with E-state index >= 15 is 0 Å². The van der Waals surface area contributed by atoms with Crippen LogP contribution in [-0.4, -0.2) is 25.4 Å². The second-order valence-electron chi connectivity index (χ2n) is 8.15. The fourth-order valence-electron chi connectivity index (χ4n) is 5.09. The van der Waals surface area contributed by atoms with Gasteiger partial charge in [-0.1, -0.05) is 132 Å². The van der Waals surface area contributed by atoms with Gasteiger partial charge in [0, 0.05) is 8.55 Å². The standard InChI is InChI=1S/C26H26OSi3/c1-5-13-22(14-6-1)26(23-15-7-2-8-16-23)21-30(29-28-27-26,24-17-9-3-10-18-24)25-19-11-4-12-20-25/h1-20H,21,28-29H2. The molecular formula is C26H26OSi3. The summed E-state index contributed by atoms with van der Waals surface area (Å²) in [5, 5.41) is 3.19. The molecule has 0 amide bonds. The average molecular weight is 439 g/mol. The lowest BCUT2D eigenvalue weighted by molar-refractivity contribution is 0.142. The summed E-state index contributed by atoms with van der Waals surface area (Å²) in [6, 6.07) is 45.8. The van der Waals surface area contributed by atoms with Crippen molar-refractivity contribution in [1.82, 2.24) is 0 Å². The molecule has 0 saturated carbocycles. The SMILES string of the molecule is c1ccc(C2(c3ccccc3)C[Si](c3ccccc3)(c3ccccc3)[SiH2][SiH2]O2)cc1. The van der Waals surface area contributed by atoms with E-state index in [2.05, 4.69) is 121 Å². The first kappa shape index (κ1) is 19.5. The predicted molar refractivity (Wildman–Crippen MR) is 135 cm³/mol. The van der Waals surface area contributed by atoms with Gasteiger partial charge in [-0.3, -0.25) is 0 Å². The summed E-state index contributed by atoms with van der Waals surface area (Å²) in [4.78, 5) is 0. The highest BCUT2D eigenvalue weighted by molar-refractivity contribution is 7.51. The number of benzene rings is 4. The molecule has 5 rings (SSSR count). The van der Waals surface area contributed by atoms with Crippen molar-refractivity contribution in [2.24, 2.45) is 0 Å². The highest BCUT2D eigenvalue weighted by atomic mass is 29.6. The lowest BCUT2D eigenvalue weighted by Crippen LogP contribution is -2.70. The molecule has 1 fully saturated rings. The van der Waals surface area contributed by atoms with Crippen molar-refractivity contribution in [2.75, 3.05) is 0 Å². The third-order valence-electron chi connectivity index (χ3n) is 6.56. The van der Waals surface area contributed by atoms with Crippen LogP contribution < -0.4 is 10.4 Å². The van der Waals surface area contributed by atoms with E-state index in [1.54, 1.807) is 10.4 Å². The molecule has 1 aliphatic heterocycles. The predicted octanol–water partition coefficient (Wildman–Crippen LogP) is 2.89. The van der Waals surface area contributed by atoms with Gasteiger partial charge in [-0.2, -0.15) is 0 Å². The first-order valence-electron chi connectivity index (χ1n) is 10.7.